The Kier molecular flexibility index (Phi) is 6.04. The number of halogens is 3. The van der Waals surface area contributed by atoms with Crippen molar-refractivity contribution in [1.82, 2.24) is 5.32 Å². The van der Waals surface area contributed by atoms with Gasteiger partial charge in [0.1, 0.15) is 6.04 Å². The summed E-state index contributed by atoms with van der Waals surface area (Å²) in [7, 11) is 0. The van der Waals surface area contributed by atoms with Gasteiger partial charge in [-0.15, -0.1) is 0 Å². The minimum Gasteiger partial charge on any atom is -0.480 e. The van der Waals surface area contributed by atoms with Gasteiger partial charge in [0.2, 0.25) is 0 Å². The summed E-state index contributed by atoms with van der Waals surface area (Å²) >= 11 is 15.1. The normalized spacial score (nSPS) is 11.8. The molecule has 1 amide bonds. The molecule has 23 heavy (non-hydrogen) atoms. The molecule has 0 unspecified atom stereocenters. The van der Waals surface area contributed by atoms with Crippen molar-refractivity contribution in [2.75, 3.05) is 0 Å². The fourth-order valence-electron chi connectivity index (χ4n) is 1.98. The average molecular weight is 417 g/mol. The van der Waals surface area contributed by atoms with E-state index in [0.717, 1.165) is 4.47 Å². The Hall–Kier alpha value is -1.56. The summed E-state index contributed by atoms with van der Waals surface area (Å²) < 4.78 is 0.734. The highest BCUT2D eigenvalue weighted by atomic mass is 79.9. The van der Waals surface area contributed by atoms with Gasteiger partial charge in [0, 0.05) is 26.5 Å². The van der Waals surface area contributed by atoms with Gasteiger partial charge in [-0.3, -0.25) is 4.79 Å². The van der Waals surface area contributed by atoms with Gasteiger partial charge in [0.25, 0.3) is 5.91 Å². The van der Waals surface area contributed by atoms with Gasteiger partial charge >= 0.3 is 5.97 Å². The molecule has 4 nitrogen and oxygen atoms in total. The van der Waals surface area contributed by atoms with Crippen molar-refractivity contribution >= 4 is 51.0 Å². The third kappa shape index (κ3) is 4.96. The molecule has 0 saturated carbocycles. The Balaban J connectivity index is 2.16. The number of hydrogen-bond donors (Lipinski definition) is 2. The van der Waals surface area contributed by atoms with E-state index in [1.165, 1.54) is 6.07 Å². The minimum atomic E-state index is -1.14. The molecule has 0 saturated heterocycles. The van der Waals surface area contributed by atoms with E-state index in [1.807, 2.05) is 0 Å². The first-order valence-corrected chi connectivity index (χ1v) is 8.15. The second kappa shape index (κ2) is 7.81. The molecule has 2 N–H and O–H groups in total. The van der Waals surface area contributed by atoms with Crippen LogP contribution in [0.5, 0.6) is 0 Å². The van der Waals surface area contributed by atoms with E-state index in [9.17, 15) is 14.7 Å². The predicted molar refractivity (Wildman–Crippen MR) is 93.2 cm³/mol. The predicted octanol–water partition coefficient (Wildman–Crippen LogP) is 4.18. The van der Waals surface area contributed by atoms with E-state index in [-0.39, 0.29) is 6.42 Å². The number of aliphatic carboxylic acids is 1. The van der Waals surface area contributed by atoms with Crippen molar-refractivity contribution in [2.24, 2.45) is 0 Å². The smallest absolute Gasteiger partial charge is 0.326 e. The Bertz CT molecular complexity index is 752. The molecular weight excluding hydrogens is 405 g/mol. The zero-order valence-corrected chi connectivity index (χ0v) is 14.8. The van der Waals surface area contributed by atoms with Gasteiger partial charge in [-0.1, -0.05) is 51.3 Å². The number of nitrogens with one attached hydrogen (secondary N) is 1. The number of carboxylic acids is 1. The molecule has 0 spiro atoms. The third-order valence-electron chi connectivity index (χ3n) is 3.13. The number of benzene rings is 2. The maximum Gasteiger partial charge on any atom is 0.326 e. The monoisotopic (exact) mass is 415 g/mol. The molecule has 120 valence electrons. The third-order valence-corrected chi connectivity index (χ3v) is 4.21. The van der Waals surface area contributed by atoms with Crippen LogP contribution in [-0.2, 0) is 11.2 Å². The highest BCUT2D eigenvalue weighted by Gasteiger charge is 2.22. The molecule has 7 heteroatoms. The second-order valence-corrected chi connectivity index (χ2v) is 6.57. The summed E-state index contributed by atoms with van der Waals surface area (Å²) in [4.78, 5) is 23.6. The quantitative estimate of drug-likeness (QED) is 0.768. The lowest BCUT2D eigenvalue weighted by Crippen LogP contribution is -2.42. The summed E-state index contributed by atoms with van der Waals surface area (Å²) in [5.41, 5.74) is 0.964. The zero-order chi connectivity index (χ0) is 17.0. The summed E-state index contributed by atoms with van der Waals surface area (Å²) in [5.74, 6) is -1.61. The van der Waals surface area contributed by atoms with E-state index in [1.54, 1.807) is 36.4 Å². The van der Waals surface area contributed by atoms with Crippen molar-refractivity contribution in [1.29, 1.82) is 0 Å². The molecule has 1 atom stereocenters. The molecule has 0 aliphatic heterocycles. The average Bonchev–Trinajstić information content (AvgIpc) is 2.48. The van der Waals surface area contributed by atoms with Crippen LogP contribution in [0.3, 0.4) is 0 Å². The van der Waals surface area contributed by atoms with Gasteiger partial charge in [0.05, 0.1) is 0 Å². The molecule has 0 aliphatic carbocycles. The molecular formula is C16H12BrCl2NO3. The zero-order valence-electron chi connectivity index (χ0n) is 11.7. The van der Waals surface area contributed by atoms with Gasteiger partial charge in [-0.05, 0) is 35.9 Å². The first-order valence-electron chi connectivity index (χ1n) is 6.60. The van der Waals surface area contributed by atoms with Crippen LogP contribution >= 0.6 is 39.1 Å². The molecule has 2 aromatic rings. The van der Waals surface area contributed by atoms with Crippen LogP contribution in [0.25, 0.3) is 0 Å². The van der Waals surface area contributed by atoms with Crippen molar-refractivity contribution < 1.29 is 14.7 Å². The number of carbonyl (C=O) groups excluding carboxylic acids is 1. The van der Waals surface area contributed by atoms with Gasteiger partial charge in [-0.2, -0.15) is 0 Å². The molecule has 0 radical (unpaired) electrons. The van der Waals surface area contributed by atoms with E-state index >= 15 is 0 Å². The van der Waals surface area contributed by atoms with Crippen LogP contribution in [0.1, 0.15) is 15.9 Å². The van der Waals surface area contributed by atoms with Gasteiger partial charge in [-0.25, -0.2) is 4.79 Å². The molecule has 0 heterocycles. The largest absolute Gasteiger partial charge is 0.480 e. The standard InChI is InChI=1S/C16H12BrCl2NO3/c17-11-3-1-2-10(6-11)15(21)20-14(16(22)23)7-9-4-5-12(18)8-13(9)19/h1-6,8,14H,7H2,(H,20,21)(H,22,23)/t14-/m1/s1. The minimum absolute atomic E-state index is 0.0606. The summed E-state index contributed by atoms with van der Waals surface area (Å²) in [6, 6.07) is 10.4. The number of carboxylic acid groups (broad SMARTS) is 1. The van der Waals surface area contributed by atoms with Crippen LogP contribution in [0.2, 0.25) is 10.0 Å². The Morgan fingerprint density at radius 2 is 1.91 bits per heavy atom. The van der Waals surface area contributed by atoms with E-state index in [2.05, 4.69) is 21.2 Å². The van der Waals surface area contributed by atoms with Crippen molar-refractivity contribution in [3.8, 4) is 0 Å². The van der Waals surface area contributed by atoms with Crippen molar-refractivity contribution in [3.05, 3.63) is 68.1 Å². The highest BCUT2D eigenvalue weighted by molar-refractivity contribution is 9.10. The lowest BCUT2D eigenvalue weighted by atomic mass is 10.1. The Morgan fingerprint density at radius 1 is 1.17 bits per heavy atom. The van der Waals surface area contributed by atoms with E-state index in [0.29, 0.717) is 21.2 Å². The highest BCUT2D eigenvalue weighted by Crippen LogP contribution is 2.22. The van der Waals surface area contributed by atoms with Crippen LogP contribution in [-0.4, -0.2) is 23.0 Å². The van der Waals surface area contributed by atoms with Crippen LogP contribution in [0, 0.1) is 0 Å². The number of amides is 1. The number of rotatable bonds is 5. The number of carbonyl (C=O) groups is 2. The summed E-state index contributed by atoms with van der Waals surface area (Å²) in [5, 5.41) is 12.7. The second-order valence-electron chi connectivity index (χ2n) is 4.81. The van der Waals surface area contributed by atoms with Gasteiger partial charge < -0.3 is 10.4 Å². The van der Waals surface area contributed by atoms with Gasteiger partial charge in [0.15, 0.2) is 0 Å². The van der Waals surface area contributed by atoms with Crippen LogP contribution < -0.4 is 5.32 Å². The first kappa shape index (κ1) is 17.8. The molecule has 0 fully saturated rings. The van der Waals surface area contributed by atoms with Crippen molar-refractivity contribution in [3.63, 3.8) is 0 Å². The van der Waals surface area contributed by atoms with Crippen LogP contribution in [0.15, 0.2) is 46.9 Å². The maximum atomic E-state index is 12.2. The molecule has 0 aromatic heterocycles. The lowest BCUT2D eigenvalue weighted by molar-refractivity contribution is -0.139. The maximum absolute atomic E-state index is 12.2. The Labute approximate surface area is 151 Å². The lowest BCUT2D eigenvalue weighted by Gasteiger charge is -2.15. The van der Waals surface area contributed by atoms with E-state index < -0.39 is 17.9 Å². The van der Waals surface area contributed by atoms with Crippen LogP contribution in [0.4, 0.5) is 0 Å². The Morgan fingerprint density at radius 3 is 2.52 bits per heavy atom. The fourth-order valence-corrected chi connectivity index (χ4v) is 2.86. The fraction of sp³-hybridized carbons (Fsp3) is 0.125. The molecule has 0 bridgehead atoms. The molecule has 2 aromatic carbocycles. The number of hydrogen-bond acceptors (Lipinski definition) is 2. The SMILES string of the molecule is O=C(N[C@H](Cc1ccc(Cl)cc1Cl)C(=O)O)c1cccc(Br)c1. The first-order chi connectivity index (χ1) is 10.9. The topological polar surface area (TPSA) is 66.4 Å². The molecule has 2 rings (SSSR count). The van der Waals surface area contributed by atoms with Crippen molar-refractivity contribution in [2.45, 2.75) is 12.5 Å². The van der Waals surface area contributed by atoms with E-state index in [4.69, 9.17) is 23.2 Å². The summed E-state index contributed by atoms with van der Waals surface area (Å²) in [6.07, 6.45) is 0.0606. The molecule has 0 aliphatic rings. The summed E-state index contributed by atoms with van der Waals surface area (Å²) in [6.45, 7) is 0.